The molecule has 1 spiro atoms. The summed E-state index contributed by atoms with van der Waals surface area (Å²) in [4.78, 5) is 21.3. The molecule has 2 saturated heterocycles. The van der Waals surface area contributed by atoms with E-state index in [-0.39, 0.29) is 0 Å². The van der Waals surface area contributed by atoms with Gasteiger partial charge in [-0.1, -0.05) is 12.1 Å². The number of fused-ring (bicyclic) bond motifs is 1. The largest absolute Gasteiger partial charge is 0.383 e. The number of para-hydroxylation sites is 2. The smallest absolute Gasteiger partial charge is 0.222 e. The SMILES string of the molecule is COCCN1CC2(CCC1=O)CCN(CCn1cnc3ccccc31)CC2. The zero-order chi connectivity index (χ0) is 18.7. The maximum absolute atomic E-state index is 12.2. The third kappa shape index (κ3) is 4.01. The summed E-state index contributed by atoms with van der Waals surface area (Å²) in [6, 6.07) is 8.32. The van der Waals surface area contributed by atoms with Crippen LogP contribution in [0.2, 0.25) is 0 Å². The number of hydrogen-bond acceptors (Lipinski definition) is 4. The number of piperidine rings is 2. The van der Waals surface area contributed by atoms with Crippen molar-refractivity contribution in [3.63, 3.8) is 0 Å². The summed E-state index contributed by atoms with van der Waals surface area (Å²) in [5.41, 5.74) is 2.60. The lowest BCUT2D eigenvalue weighted by Gasteiger charge is -2.47. The first kappa shape index (κ1) is 18.4. The van der Waals surface area contributed by atoms with Crippen molar-refractivity contribution in [1.82, 2.24) is 19.4 Å². The third-order valence-electron chi connectivity index (χ3n) is 6.41. The van der Waals surface area contributed by atoms with Crippen LogP contribution in [0.4, 0.5) is 0 Å². The van der Waals surface area contributed by atoms with Crippen molar-refractivity contribution in [2.24, 2.45) is 5.41 Å². The number of nitrogens with zero attached hydrogens (tertiary/aromatic N) is 4. The van der Waals surface area contributed by atoms with E-state index in [1.54, 1.807) is 7.11 Å². The number of carbonyl (C=O) groups excluding carboxylic acids is 1. The van der Waals surface area contributed by atoms with E-state index in [0.29, 0.717) is 24.3 Å². The molecular formula is C21H30N4O2. The Bertz CT molecular complexity index is 779. The second-order valence-corrected chi connectivity index (χ2v) is 8.08. The summed E-state index contributed by atoms with van der Waals surface area (Å²) in [5.74, 6) is 0.298. The molecule has 2 fully saturated rings. The van der Waals surface area contributed by atoms with E-state index in [1.165, 1.54) is 18.4 Å². The highest BCUT2D eigenvalue weighted by atomic mass is 16.5. The third-order valence-corrected chi connectivity index (χ3v) is 6.41. The Morgan fingerprint density at radius 3 is 2.74 bits per heavy atom. The lowest BCUT2D eigenvalue weighted by Crippen LogP contribution is -2.52. The number of ether oxygens (including phenoxy) is 1. The van der Waals surface area contributed by atoms with Crippen LogP contribution >= 0.6 is 0 Å². The molecule has 0 saturated carbocycles. The van der Waals surface area contributed by atoms with Crippen molar-refractivity contribution in [3.05, 3.63) is 30.6 Å². The monoisotopic (exact) mass is 370 g/mol. The summed E-state index contributed by atoms with van der Waals surface area (Å²) in [6.45, 7) is 6.56. The minimum Gasteiger partial charge on any atom is -0.383 e. The molecule has 2 aliphatic heterocycles. The number of benzene rings is 1. The van der Waals surface area contributed by atoms with Crippen molar-refractivity contribution in [3.8, 4) is 0 Å². The van der Waals surface area contributed by atoms with Gasteiger partial charge in [-0.3, -0.25) is 4.79 Å². The van der Waals surface area contributed by atoms with Crippen molar-refractivity contribution in [2.45, 2.75) is 32.2 Å². The number of hydrogen-bond donors (Lipinski definition) is 0. The Kier molecular flexibility index (Phi) is 5.45. The molecule has 6 nitrogen and oxygen atoms in total. The molecule has 1 aromatic heterocycles. The van der Waals surface area contributed by atoms with Gasteiger partial charge in [0.2, 0.25) is 5.91 Å². The highest BCUT2D eigenvalue weighted by Crippen LogP contribution is 2.40. The summed E-state index contributed by atoms with van der Waals surface area (Å²) in [5, 5.41) is 0. The molecular weight excluding hydrogens is 340 g/mol. The maximum Gasteiger partial charge on any atom is 0.222 e. The van der Waals surface area contributed by atoms with Crippen molar-refractivity contribution >= 4 is 16.9 Å². The van der Waals surface area contributed by atoms with Crippen LogP contribution in [-0.4, -0.2) is 71.7 Å². The maximum atomic E-state index is 12.2. The van der Waals surface area contributed by atoms with Gasteiger partial charge in [-0.05, 0) is 49.9 Å². The fraction of sp³-hybridized carbons (Fsp3) is 0.619. The highest BCUT2D eigenvalue weighted by Gasteiger charge is 2.40. The molecule has 27 heavy (non-hydrogen) atoms. The lowest BCUT2D eigenvalue weighted by atomic mass is 9.72. The molecule has 146 valence electrons. The van der Waals surface area contributed by atoms with Crippen molar-refractivity contribution < 1.29 is 9.53 Å². The average Bonchev–Trinajstić information content (AvgIpc) is 3.12. The molecule has 0 unspecified atom stereocenters. The second-order valence-electron chi connectivity index (χ2n) is 8.08. The van der Waals surface area contributed by atoms with Crippen LogP contribution < -0.4 is 0 Å². The normalized spacial score (nSPS) is 20.6. The average molecular weight is 370 g/mol. The molecule has 3 heterocycles. The predicted molar refractivity (Wildman–Crippen MR) is 106 cm³/mol. The Balaban J connectivity index is 1.30. The van der Waals surface area contributed by atoms with Gasteiger partial charge in [0.25, 0.3) is 0 Å². The van der Waals surface area contributed by atoms with Crippen molar-refractivity contribution in [2.75, 3.05) is 46.4 Å². The molecule has 0 radical (unpaired) electrons. The Hall–Kier alpha value is -1.92. The van der Waals surface area contributed by atoms with Gasteiger partial charge in [0.1, 0.15) is 0 Å². The van der Waals surface area contributed by atoms with Gasteiger partial charge in [0, 0.05) is 39.7 Å². The van der Waals surface area contributed by atoms with Crippen LogP contribution in [0.15, 0.2) is 30.6 Å². The van der Waals surface area contributed by atoms with E-state index in [2.05, 4.69) is 32.7 Å². The fourth-order valence-corrected chi connectivity index (χ4v) is 4.60. The first-order valence-electron chi connectivity index (χ1n) is 10.1. The summed E-state index contributed by atoms with van der Waals surface area (Å²) in [6.07, 6.45) is 6.08. The molecule has 2 aromatic rings. The molecule has 1 amide bonds. The van der Waals surface area contributed by atoms with Crippen LogP contribution in [0.3, 0.4) is 0 Å². The second kappa shape index (κ2) is 7.98. The van der Waals surface area contributed by atoms with E-state index in [4.69, 9.17) is 4.74 Å². The van der Waals surface area contributed by atoms with Gasteiger partial charge in [-0.15, -0.1) is 0 Å². The van der Waals surface area contributed by atoms with Gasteiger partial charge >= 0.3 is 0 Å². The Morgan fingerprint density at radius 1 is 1.11 bits per heavy atom. The van der Waals surface area contributed by atoms with E-state index >= 15 is 0 Å². The van der Waals surface area contributed by atoms with E-state index in [0.717, 1.165) is 51.2 Å². The quantitative estimate of drug-likeness (QED) is 0.783. The number of imidazole rings is 1. The molecule has 0 aliphatic carbocycles. The Labute approximate surface area is 161 Å². The van der Waals surface area contributed by atoms with Crippen LogP contribution in [0.5, 0.6) is 0 Å². The number of aromatic nitrogens is 2. The van der Waals surface area contributed by atoms with Crippen LogP contribution in [0.1, 0.15) is 25.7 Å². The number of amides is 1. The van der Waals surface area contributed by atoms with Gasteiger partial charge in [0.05, 0.1) is 24.0 Å². The van der Waals surface area contributed by atoms with Gasteiger partial charge in [0.15, 0.2) is 0 Å². The number of rotatable bonds is 6. The van der Waals surface area contributed by atoms with Gasteiger partial charge in [-0.25, -0.2) is 4.98 Å². The van der Waals surface area contributed by atoms with Crippen molar-refractivity contribution in [1.29, 1.82) is 0 Å². The zero-order valence-corrected chi connectivity index (χ0v) is 16.3. The van der Waals surface area contributed by atoms with Crippen LogP contribution in [-0.2, 0) is 16.1 Å². The number of likely N-dealkylation sites (tertiary alicyclic amines) is 2. The van der Waals surface area contributed by atoms with E-state index in [1.807, 2.05) is 17.3 Å². The standard InChI is InChI=1S/C21H30N4O2/c1-27-15-14-24-16-21(7-6-20(24)26)8-10-23(11-9-21)12-13-25-17-22-18-4-2-3-5-19(18)25/h2-5,17H,6-16H2,1H3. The molecule has 6 heteroatoms. The first-order valence-corrected chi connectivity index (χ1v) is 10.1. The molecule has 0 atom stereocenters. The van der Waals surface area contributed by atoms with Gasteiger partial charge in [-0.2, -0.15) is 0 Å². The van der Waals surface area contributed by atoms with E-state index in [9.17, 15) is 4.79 Å². The minimum absolute atomic E-state index is 0.298. The molecule has 0 bridgehead atoms. The Morgan fingerprint density at radius 2 is 1.93 bits per heavy atom. The number of methoxy groups -OCH3 is 1. The first-order chi connectivity index (χ1) is 13.2. The number of carbonyl (C=O) groups is 1. The van der Waals surface area contributed by atoms with Crippen LogP contribution in [0, 0.1) is 5.41 Å². The van der Waals surface area contributed by atoms with E-state index < -0.39 is 0 Å². The summed E-state index contributed by atoms with van der Waals surface area (Å²) < 4.78 is 7.43. The summed E-state index contributed by atoms with van der Waals surface area (Å²) in [7, 11) is 1.70. The lowest BCUT2D eigenvalue weighted by molar-refractivity contribution is -0.139. The summed E-state index contributed by atoms with van der Waals surface area (Å²) >= 11 is 0. The molecule has 1 aromatic carbocycles. The topological polar surface area (TPSA) is 50.6 Å². The molecule has 0 N–H and O–H groups in total. The zero-order valence-electron chi connectivity index (χ0n) is 16.3. The fourth-order valence-electron chi connectivity index (χ4n) is 4.60. The highest BCUT2D eigenvalue weighted by molar-refractivity contribution is 5.77. The molecule has 2 aliphatic rings. The van der Waals surface area contributed by atoms with Crippen LogP contribution in [0.25, 0.3) is 11.0 Å². The predicted octanol–water partition coefficient (Wildman–Crippen LogP) is 2.39. The molecule has 4 rings (SSSR count). The minimum atomic E-state index is 0.298. The van der Waals surface area contributed by atoms with Gasteiger partial charge < -0.3 is 19.1 Å².